The molecule has 0 rings (SSSR count). The summed E-state index contributed by atoms with van der Waals surface area (Å²) in [5, 5.41) is 8.81. The molecule has 0 fully saturated rings. The molecule has 0 aromatic heterocycles. The van der Waals surface area contributed by atoms with Gasteiger partial charge in [0.1, 0.15) is 0 Å². The summed E-state index contributed by atoms with van der Waals surface area (Å²) < 4.78 is 4.50. The molecule has 3 heteroatoms. The minimum atomic E-state index is -0.958. The molecule has 0 saturated carbocycles. The van der Waals surface area contributed by atoms with Crippen molar-refractivity contribution in [3.63, 3.8) is 0 Å². The number of hydrogen-bond donors (Lipinski definition) is 2. The summed E-state index contributed by atoms with van der Waals surface area (Å²) in [6.45, 7) is 1.67. The van der Waals surface area contributed by atoms with Crippen molar-refractivity contribution in [1.29, 1.82) is 0 Å². The van der Waals surface area contributed by atoms with Crippen LogP contribution in [0.3, 0.4) is 0 Å². The third kappa shape index (κ3) is 3.96. The molecule has 1 unspecified atom stereocenters. The summed E-state index contributed by atoms with van der Waals surface area (Å²) >= 11 is 0. The van der Waals surface area contributed by atoms with Gasteiger partial charge in [0.05, 0.1) is 5.70 Å². The van der Waals surface area contributed by atoms with Crippen LogP contribution in [0.5, 0.6) is 0 Å². The summed E-state index contributed by atoms with van der Waals surface area (Å²) in [5.41, 5.74) is 5.62. The molecule has 0 saturated heterocycles. The van der Waals surface area contributed by atoms with E-state index in [2.05, 4.69) is 16.6 Å². The van der Waals surface area contributed by atoms with Crippen LogP contribution in [0.15, 0.2) is 11.8 Å². The lowest BCUT2D eigenvalue weighted by Crippen LogP contribution is -2.08. The smallest absolute Gasteiger partial charge is 0.176 e. The van der Waals surface area contributed by atoms with Gasteiger partial charge >= 0.3 is 0 Å². The maximum absolute atomic E-state index is 8.81. The lowest BCUT2D eigenvalue weighted by atomic mass is 10.4. The number of rotatable bonds is 2. The Balaban J connectivity index is 3.97. The van der Waals surface area contributed by atoms with Crippen molar-refractivity contribution in [3.05, 3.63) is 11.8 Å². The van der Waals surface area contributed by atoms with Crippen LogP contribution in [0.1, 0.15) is 6.92 Å². The standard InChI is InChI=1S/C7H11NO2/c1-3-4-6(8)5-7(9)10-2/h5,7,9H,8H2,1-2H3/b6-5-. The van der Waals surface area contributed by atoms with Crippen LogP contribution in [-0.2, 0) is 4.74 Å². The molecular weight excluding hydrogens is 130 g/mol. The topological polar surface area (TPSA) is 55.5 Å². The first-order chi connectivity index (χ1) is 4.70. The predicted octanol–water partition coefficient (Wildman–Crippen LogP) is -0.183. The lowest BCUT2D eigenvalue weighted by Gasteiger charge is -2.00. The van der Waals surface area contributed by atoms with E-state index in [0.29, 0.717) is 5.70 Å². The van der Waals surface area contributed by atoms with Crippen LogP contribution >= 0.6 is 0 Å². The first-order valence-corrected chi connectivity index (χ1v) is 2.81. The Labute approximate surface area is 60.5 Å². The van der Waals surface area contributed by atoms with E-state index in [9.17, 15) is 0 Å². The number of hydrogen-bond acceptors (Lipinski definition) is 3. The summed E-state index contributed by atoms with van der Waals surface area (Å²) in [4.78, 5) is 0. The fourth-order valence-electron chi connectivity index (χ4n) is 0.408. The van der Waals surface area contributed by atoms with Gasteiger partial charge in [0.15, 0.2) is 6.29 Å². The van der Waals surface area contributed by atoms with Gasteiger partial charge in [-0.3, -0.25) is 0 Å². The van der Waals surface area contributed by atoms with Gasteiger partial charge in [-0.1, -0.05) is 11.8 Å². The molecule has 0 radical (unpaired) electrons. The molecule has 0 aliphatic carbocycles. The Bertz CT molecular complexity index is 176. The molecule has 0 bridgehead atoms. The van der Waals surface area contributed by atoms with E-state index in [0.717, 1.165) is 0 Å². The number of nitrogens with two attached hydrogens (primary N) is 1. The first kappa shape index (κ1) is 9.02. The highest BCUT2D eigenvalue weighted by Crippen LogP contribution is 1.88. The van der Waals surface area contributed by atoms with E-state index in [-0.39, 0.29) is 0 Å². The summed E-state index contributed by atoms with van der Waals surface area (Å²) in [6, 6.07) is 0. The molecule has 3 nitrogen and oxygen atoms in total. The lowest BCUT2D eigenvalue weighted by molar-refractivity contribution is -0.0360. The molecular formula is C7H11NO2. The Morgan fingerprint density at radius 1 is 1.80 bits per heavy atom. The molecule has 1 atom stereocenters. The quantitative estimate of drug-likeness (QED) is 0.414. The highest BCUT2D eigenvalue weighted by molar-refractivity contribution is 5.24. The highest BCUT2D eigenvalue weighted by atomic mass is 16.6. The van der Waals surface area contributed by atoms with Crippen molar-refractivity contribution < 1.29 is 9.84 Å². The Morgan fingerprint density at radius 3 is 2.80 bits per heavy atom. The van der Waals surface area contributed by atoms with Crippen LogP contribution in [-0.4, -0.2) is 18.5 Å². The number of methoxy groups -OCH3 is 1. The van der Waals surface area contributed by atoms with Gasteiger partial charge in [-0.05, 0) is 6.92 Å². The van der Waals surface area contributed by atoms with Crippen molar-refractivity contribution in [2.75, 3.05) is 7.11 Å². The van der Waals surface area contributed by atoms with E-state index in [4.69, 9.17) is 10.8 Å². The van der Waals surface area contributed by atoms with Gasteiger partial charge in [0.25, 0.3) is 0 Å². The normalized spacial score (nSPS) is 13.7. The summed E-state index contributed by atoms with van der Waals surface area (Å²) in [6.07, 6.45) is 0.372. The van der Waals surface area contributed by atoms with Gasteiger partial charge in [-0.2, -0.15) is 0 Å². The molecule has 56 valence electrons. The number of allylic oxidation sites excluding steroid dienone is 1. The third-order valence-electron chi connectivity index (χ3n) is 0.833. The van der Waals surface area contributed by atoms with Crippen molar-refractivity contribution in [2.24, 2.45) is 5.73 Å². The Kier molecular flexibility index (Phi) is 4.38. The highest BCUT2D eigenvalue weighted by Gasteiger charge is 1.93. The minimum Gasteiger partial charge on any atom is -0.392 e. The van der Waals surface area contributed by atoms with E-state index in [1.165, 1.54) is 13.2 Å². The van der Waals surface area contributed by atoms with Crippen LogP contribution < -0.4 is 5.73 Å². The zero-order valence-electron chi connectivity index (χ0n) is 6.09. The number of aliphatic hydroxyl groups is 1. The van der Waals surface area contributed by atoms with Gasteiger partial charge in [0.2, 0.25) is 0 Å². The maximum atomic E-state index is 8.81. The Hall–Kier alpha value is -0.980. The zero-order chi connectivity index (χ0) is 7.98. The average molecular weight is 141 g/mol. The first-order valence-electron chi connectivity index (χ1n) is 2.81. The largest absolute Gasteiger partial charge is 0.392 e. The van der Waals surface area contributed by atoms with Gasteiger partial charge in [-0.15, -0.1) is 0 Å². The second kappa shape index (κ2) is 4.86. The van der Waals surface area contributed by atoms with Gasteiger partial charge < -0.3 is 15.6 Å². The molecule has 0 aromatic carbocycles. The van der Waals surface area contributed by atoms with Gasteiger partial charge in [0, 0.05) is 13.2 Å². The van der Waals surface area contributed by atoms with E-state index >= 15 is 0 Å². The van der Waals surface area contributed by atoms with Gasteiger partial charge in [-0.25, -0.2) is 0 Å². The van der Waals surface area contributed by atoms with E-state index < -0.39 is 6.29 Å². The van der Waals surface area contributed by atoms with E-state index in [1.54, 1.807) is 6.92 Å². The SMILES string of the molecule is CC#C/C(N)=C/C(O)OC. The molecule has 3 N–H and O–H groups in total. The van der Waals surface area contributed by atoms with E-state index in [1.807, 2.05) is 0 Å². The number of ether oxygens (including phenoxy) is 1. The summed E-state index contributed by atoms with van der Waals surface area (Å²) in [5.74, 6) is 5.15. The molecule has 0 aliphatic heterocycles. The number of aliphatic hydroxyl groups excluding tert-OH is 1. The Morgan fingerprint density at radius 2 is 2.40 bits per heavy atom. The average Bonchev–Trinajstić information content (AvgIpc) is 1.88. The second-order valence-corrected chi connectivity index (χ2v) is 1.62. The molecule has 0 spiro atoms. The second-order valence-electron chi connectivity index (χ2n) is 1.62. The molecule has 0 aromatic rings. The van der Waals surface area contributed by atoms with Crippen molar-refractivity contribution in [1.82, 2.24) is 0 Å². The molecule has 0 amide bonds. The van der Waals surface area contributed by atoms with Crippen LogP contribution in [0.4, 0.5) is 0 Å². The maximum Gasteiger partial charge on any atom is 0.176 e. The van der Waals surface area contributed by atoms with Crippen molar-refractivity contribution in [3.8, 4) is 11.8 Å². The monoisotopic (exact) mass is 141 g/mol. The van der Waals surface area contributed by atoms with Crippen molar-refractivity contribution in [2.45, 2.75) is 13.2 Å². The summed E-state index contributed by atoms with van der Waals surface area (Å²) in [7, 11) is 1.38. The third-order valence-corrected chi connectivity index (χ3v) is 0.833. The van der Waals surface area contributed by atoms with Crippen LogP contribution in [0.2, 0.25) is 0 Å². The van der Waals surface area contributed by atoms with Crippen molar-refractivity contribution >= 4 is 0 Å². The predicted molar refractivity (Wildman–Crippen MR) is 38.7 cm³/mol. The molecule has 10 heavy (non-hydrogen) atoms. The zero-order valence-corrected chi connectivity index (χ0v) is 6.09. The fourth-order valence-corrected chi connectivity index (χ4v) is 0.408. The molecule has 0 aliphatic rings. The molecule has 0 heterocycles. The van der Waals surface area contributed by atoms with Crippen LogP contribution in [0.25, 0.3) is 0 Å². The fraction of sp³-hybridized carbons (Fsp3) is 0.429. The minimum absolute atomic E-state index is 0.317. The van der Waals surface area contributed by atoms with Crippen LogP contribution in [0, 0.1) is 11.8 Å².